The van der Waals surface area contributed by atoms with E-state index in [1.54, 1.807) is 12.0 Å². The van der Waals surface area contributed by atoms with Crippen LogP contribution in [0.2, 0.25) is 0 Å². The van der Waals surface area contributed by atoms with Crippen molar-refractivity contribution in [2.45, 2.75) is 18.9 Å². The number of likely N-dealkylation sites (tertiary alicyclic amines) is 1. The van der Waals surface area contributed by atoms with Gasteiger partial charge in [0, 0.05) is 13.7 Å². The number of methoxy groups -OCH3 is 1. The van der Waals surface area contributed by atoms with Gasteiger partial charge < -0.3 is 9.64 Å². The third kappa shape index (κ3) is 1.22. The zero-order chi connectivity index (χ0) is 7.61. The molecule has 1 saturated heterocycles. The summed E-state index contributed by atoms with van der Waals surface area (Å²) < 4.78 is 5.24. The fraction of sp³-hybridized carbons (Fsp3) is 0.857. The minimum Gasteiger partial charge on any atom is -0.377 e. The Morgan fingerprint density at radius 3 is 2.70 bits per heavy atom. The van der Waals surface area contributed by atoms with E-state index in [0.29, 0.717) is 0 Å². The molecule has 1 atom stereocenters. The molecule has 1 rings (SSSR count). The van der Waals surface area contributed by atoms with Crippen LogP contribution in [0.25, 0.3) is 0 Å². The molecule has 0 spiro atoms. The summed E-state index contributed by atoms with van der Waals surface area (Å²) >= 11 is 0. The molecule has 1 heterocycles. The van der Waals surface area contributed by atoms with Gasteiger partial charge in [-0.2, -0.15) is 5.26 Å². The Hall–Kier alpha value is -0.750. The molecule has 0 aromatic rings. The fourth-order valence-electron chi connectivity index (χ4n) is 1.19. The van der Waals surface area contributed by atoms with Crippen molar-refractivity contribution in [2.24, 2.45) is 0 Å². The normalized spacial score (nSPS) is 32.3. The molecule has 10 heavy (non-hydrogen) atoms. The summed E-state index contributed by atoms with van der Waals surface area (Å²) in [5.41, 5.74) is -0.0876. The van der Waals surface area contributed by atoms with Gasteiger partial charge in [-0.05, 0) is 13.3 Å². The lowest BCUT2D eigenvalue weighted by Crippen LogP contribution is -2.30. The van der Waals surface area contributed by atoms with Crippen molar-refractivity contribution in [3.05, 3.63) is 0 Å². The van der Waals surface area contributed by atoms with E-state index in [2.05, 4.69) is 6.19 Å². The maximum absolute atomic E-state index is 8.51. The maximum atomic E-state index is 8.51. The van der Waals surface area contributed by atoms with E-state index in [1.807, 2.05) is 6.92 Å². The molecule has 0 bridgehead atoms. The summed E-state index contributed by atoms with van der Waals surface area (Å²) in [7, 11) is 1.70. The van der Waals surface area contributed by atoms with Gasteiger partial charge in [0.15, 0.2) is 6.19 Å². The van der Waals surface area contributed by atoms with Gasteiger partial charge in [-0.1, -0.05) is 0 Å². The van der Waals surface area contributed by atoms with Gasteiger partial charge in [0.05, 0.1) is 12.1 Å². The predicted molar refractivity (Wildman–Crippen MR) is 37.2 cm³/mol. The Morgan fingerprint density at radius 1 is 1.70 bits per heavy atom. The van der Waals surface area contributed by atoms with Crippen molar-refractivity contribution in [3.8, 4) is 6.19 Å². The Labute approximate surface area is 61.2 Å². The average Bonchev–Trinajstić information content (AvgIpc) is 2.33. The molecule has 1 aliphatic rings. The first-order valence-corrected chi connectivity index (χ1v) is 3.40. The highest BCUT2D eigenvalue weighted by Gasteiger charge is 2.32. The second-order valence-electron chi connectivity index (χ2n) is 2.93. The number of nitriles is 1. The molecule has 3 heteroatoms. The van der Waals surface area contributed by atoms with Crippen LogP contribution in [0.3, 0.4) is 0 Å². The molecule has 56 valence electrons. The molecule has 0 aromatic carbocycles. The van der Waals surface area contributed by atoms with Gasteiger partial charge >= 0.3 is 0 Å². The number of rotatable bonds is 1. The first kappa shape index (κ1) is 7.36. The second kappa shape index (κ2) is 2.47. The summed E-state index contributed by atoms with van der Waals surface area (Å²) in [6.45, 7) is 3.60. The Bertz CT molecular complexity index is 163. The van der Waals surface area contributed by atoms with Gasteiger partial charge in [0.1, 0.15) is 0 Å². The predicted octanol–water partition coefficient (Wildman–Crippen LogP) is 0.578. The minimum atomic E-state index is -0.0876. The molecule has 0 saturated carbocycles. The highest BCUT2D eigenvalue weighted by molar-refractivity contribution is 4.92. The number of hydrogen-bond acceptors (Lipinski definition) is 3. The molecule has 0 aromatic heterocycles. The first-order chi connectivity index (χ1) is 4.70. The van der Waals surface area contributed by atoms with Crippen LogP contribution in [0.1, 0.15) is 13.3 Å². The van der Waals surface area contributed by atoms with E-state index in [9.17, 15) is 0 Å². The summed E-state index contributed by atoms with van der Waals surface area (Å²) in [5, 5.41) is 8.51. The van der Waals surface area contributed by atoms with Crippen molar-refractivity contribution >= 4 is 0 Å². The number of nitrogens with zero attached hydrogens (tertiary/aromatic N) is 2. The van der Waals surface area contributed by atoms with Gasteiger partial charge in [0.25, 0.3) is 0 Å². The lowest BCUT2D eigenvalue weighted by Gasteiger charge is -2.20. The molecule has 1 fully saturated rings. The first-order valence-electron chi connectivity index (χ1n) is 3.40. The molecule has 0 aliphatic carbocycles. The van der Waals surface area contributed by atoms with E-state index in [4.69, 9.17) is 10.00 Å². The van der Waals surface area contributed by atoms with Crippen LogP contribution in [0.5, 0.6) is 0 Å². The molecule has 0 amide bonds. The average molecular weight is 140 g/mol. The van der Waals surface area contributed by atoms with Gasteiger partial charge in [-0.25, -0.2) is 0 Å². The van der Waals surface area contributed by atoms with Crippen molar-refractivity contribution < 1.29 is 4.74 Å². The van der Waals surface area contributed by atoms with E-state index < -0.39 is 0 Å². The summed E-state index contributed by atoms with van der Waals surface area (Å²) in [4.78, 5) is 1.73. The zero-order valence-electron chi connectivity index (χ0n) is 6.42. The van der Waals surface area contributed by atoms with Crippen molar-refractivity contribution in [3.63, 3.8) is 0 Å². The fourth-order valence-corrected chi connectivity index (χ4v) is 1.19. The summed E-state index contributed by atoms with van der Waals surface area (Å²) in [5.74, 6) is 0. The molecule has 3 nitrogen and oxygen atoms in total. The highest BCUT2D eigenvalue weighted by atomic mass is 16.5. The molecule has 0 radical (unpaired) electrons. The quantitative estimate of drug-likeness (QED) is 0.500. The van der Waals surface area contributed by atoms with E-state index in [-0.39, 0.29) is 5.60 Å². The van der Waals surface area contributed by atoms with Crippen LogP contribution < -0.4 is 0 Å². The standard InChI is InChI=1S/C7H12N2O/c1-7(10-2)3-4-9(5-7)6-8/h3-5H2,1-2H3/t7-/m0/s1. The SMILES string of the molecule is CO[C@@]1(C)CCN(C#N)C1. The summed E-state index contributed by atoms with van der Waals surface area (Å²) in [6.07, 6.45) is 3.06. The lowest BCUT2D eigenvalue weighted by atomic mass is 10.1. The van der Waals surface area contributed by atoms with Crippen LogP contribution in [0, 0.1) is 11.5 Å². The van der Waals surface area contributed by atoms with Crippen molar-refractivity contribution in [2.75, 3.05) is 20.2 Å². The minimum absolute atomic E-state index is 0.0876. The van der Waals surface area contributed by atoms with Gasteiger partial charge in [0.2, 0.25) is 0 Å². The van der Waals surface area contributed by atoms with Crippen molar-refractivity contribution in [1.29, 1.82) is 5.26 Å². The number of ether oxygens (including phenoxy) is 1. The molecule has 1 aliphatic heterocycles. The largest absolute Gasteiger partial charge is 0.377 e. The third-order valence-electron chi connectivity index (χ3n) is 2.07. The van der Waals surface area contributed by atoms with Gasteiger partial charge in [-0.15, -0.1) is 0 Å². The highest BCUT2D eigenvalue weighted by Crippen LogP contribution is 2.22. The lowest BCUT2D eigenvalue weighted by molar-refractivity contribution is 0.0185. The van der Waals surface area contributed by atoms with E-state index in [1.165, 1.54) is 0 Å². The van der Waals surface area contributed by atoms with Crippen LogP contribution >= 0.6 is 0 Å². The molecular formula is C7H12N2O. The third-order valence-corrected chi connectivity index (χ3v) is 2.07. The Morgan fingerprint density at radius 2 is 2.40 bits per heavy atom. The summed E-state index contributed by atoms with van der Waals surface area (Å²) in [6, 6.07) is 0. The zero-order valence-corrected chi connectivity index (χ0v) is 6.42. The number of hydrogen-bond donors (Lipinski definition) is 0. The monoisotopic (exact) mass is 140 g/mol. The van der Waals surface area contributed by atoms with E-state index >= 15 is 0 Å². The van der Waals surface area contributed by atoms with Crippen LogP contribution in [0.15, 0.2) is 0 Å². The van der Waals surface area contributed by atoms with E-state index in [0.717, 1.165) is 19.5 Å². The topological polar surface area (TPSA) is 36.3 Å². The van der Waals surface area contributed by atoms with Crippen molar-refractivity contribution in [1.82, 2.24) is 4.90 Å². The Kier molecular flexibility index (Phi) is 1.82. The van der Waals surface area contributed by atoms with Crippen LogP contribution in [0.4, 0.5) is 0 Å². The van der Waals surface area contributed by atoms with Crippen LogP contribution in [-0.4, -0.2) is 30.7 Å². The molecule has 0 N–H and O–H groups in total. The molecule has 0 unspecified atom stereocenters. The maximum Gasteiger partial charge on any atom is 0.179 e. The van der Waals surface area contributed by atoms with Gasteiger partial charge in [-0.3, -0.25) is 0 Å². The second-order valence-corrected chi connectivity index (χ2v) is 2.93. The Balaban J connectivity index is 2.51. The molecular weight excluding hydrogens is 128 g/mol. The van der Waals surface area contributed by atoms with Crippen LogP contribution in [-0.2, 0) is 4.74 Å². The smallest absolute Gasteiger partial charge is 0.179 e.